The lowest BCUT2D eigenvalue weighted by atomic mass is 10.1. The van der Waals surface area contributed by atoms with Crippen molar-refractivity contribution in [2.45, 2.75) is 37.9 Å². The third-order valence-corrected chi connectivity index (χ3v) is 5.41. The van der Waals surface area contributed by atoms with Gasteiger partial charge in [0.15, 0.2) is 12.2 Å². The molecule has 2 aromatic carbocycles. The summed E-state index contributed by atoms with van der Waals surface area (Å²) >= 11 is 0. The van der Waals surface area contributed by atoms with Gasteiger partial charge in [-0.3, -0.25) is 15.2 Å². The minimum Gasteiger partial charge on any atom is -0.453 e. The lowest BCUT2D eigenvalue weighted by molar-refractivity contribution is -0.497. The highest BCUT2D eigenvalue weighted by atomic mass is 17.1. The lowest BCUT2D eigenvalue weighted by Gasteiger charge is -2.18. The summed E-state index contributed by atoms with van der Waals surface area (Å²) in [6, 6.07) is 12.5. The van der Waals surface area contributed by atoms with Crippen LogP contribution in [-0.2, 0) is 35.2 Å². The molecule has 12 heteroatoms. The highest BCUT2D eigenvalue weighted by molar-refractivity contribution is 5.93. The highest BCUT2D eigenvalue weighted by Crippen LogP contribution is 2.32. The van der Waals surface area contributed by atoms with Crippen LogP contribution in [0.1, 0.15) is 33.2 Å². The SMILES string of the molecule is CC(=O)Oc1ccccc1C(=O)O[C@H]1CO[C@H]2[C@@H]1OC[C@H]2OC(=O)c1ccccc1CON(O)O. The van der Waals surface area contributed by atoms with E-state index in [1.165, 1.54) is 25.1 Å². The Kier molecular flexibility index (Phi) is 7.70. The first kappa shape index (κ1) is 24.7. The summed E-state index contributed by atoms with van der Waals surface area (Å²) in [5.41, 5.74) is 0.614. The molecule has 0 aromatic heterocycles. The van der Waals surface area contributed by atoms with E-state index in [1.807, 2.05) is 0 Å². The monoisotopic (exact) mass is 489 g/mol. The van der Waals surface area contributed by atoms with Gasteiger partial charge in [0, 0.05) is 6.92 Å². The Balaban J connectivity index is 1.38. The van der Waals surface area contributed by atoms with E-state index in [-0.39, 0.29) is 36.7 Å². The molecular formula is C23H23NO11. The number of carbonyl (C=O) groups is 3. The summed E-state index contributed by atoms with van der Waals surface area (Å²) in [7, 11) is 0. The molecule has 2 aliphatic heterocycles. The van der Waals surface area contributed by atoms with Gasteiger partial charge in [-0.15, -0.1) is 0 Å². The number of nitrogens with zero attached hydrogens (tertiary/aromatic N) is 1. The molecule has 0 bridgehead atoms. The van der Waals surface area contributed by atoms with Crippen molar-refractivity contribution in [3.05, 3.63) is 65.2 Å². The van der Waals surface area contributed by atoms with Crippen molar-refractivity contribution in [1.29, 1.82) is 0 Å². The smallest absolute Gasteiger partial charge is 0.342 e. The molecular weight excluding hydrogens is 466 g/mol. The van der Waals surface area contributed by atoms with Crippen molar-refractivity contribution >= 4 is 17.9 Å². The Morgan fingerprint density at radius 1 is 0.886 bits per heavy atom. The fourth-order valence-corrected chi connectivity index (χ4v) is 3.88. The standard InChI is InChI=1S/C23H23NO11/c1-13(25)33-17-9-5-4-8-16(17)23(27)35-19-12-31-20-18(11-30-21(19)20)34-22(26)15-7-3-2-6-14(15)10-32-24(28)29/h2-9,18-21,28-29H,10-12H2,1H3/t18-,19+,20-,21-/m1/s1. The maximum atomic E-state index is 12.8. The van der Waals surface area contributed by atoms with Crippen molar-refractivity contribution in [2.75, 3.05) is 13.2 Å². The molecule has 2 aliphatic rings. The maximum Gasteiger partial charge on any atom is 0.342 e. The molecule has 2 saturated heterocycles. The van der Waals surface area contributed by atoms with Crippen LogP contribution < -0.4 is 4.74 Å². The molecule has 0 saturated carbocycles. The molecule has 186 valence electrons. The molecule has 12 nitrogen and oxygen atoms in total. The highest BCUT2D eigenvalue weighted by Gasteiger charge is 2.51. The van der Waals surface area contributed by atoms with Crippen molar-refractivity contribution in [1.82, 2.24) is 5.39 Å². The normalized spacial score (nSPS) is 23.1. The maximum absolute atomic E-state index is 12.8. The number of hydrogen-bond donors (Lipinski definition) is 2. The minimum atomic E-state index is -0.762. The zero-order chi connectivity index (χ0) is 24.9. The predicted molar refractivity (Wildman–Crippen MR) is 112 cm³/mol. The van der Waals surface area contributed by atoms with Crippen LogP contribution in [-0.4, -0.2) is 71.3 Å². The molecule has 0 amide bonds. The van der Waals surface area contributed by atoms with Gasteiger partial charge in [0.05, 0.1) is 30.8 Å². The molecule has 0 unspecified atom stereocenters. The van der Waals surface area contributed by atoms with Gasteiger partial charge in [-0.05, 0) is 23.8 Å². The second kappa shape index (κ2) is 10.9. The Morgan fingerprint density at radius 2 is 1.43 bits per heavy atom. The van der Waals surface area contributed by atoms with Gasteiger partial charge in [0.2, 0.25) is 0 Å². The van der Waals surface area contributed by atoms with Gasteiger partial charge in [0.25, 0.3) is 0 Å². The van der Waals surface area contributed by atoms with Crippen molar-refractivity contribution in [3.63, 3.8) is 0 Å². The van der Waals surface area contributed by atoms with E-state index >= 15 is 0 Å². The average molecular weight is 489 g/mol. The summed E-state index contributed by atoms with van der Waals surface area (Å²) in [5.74, 6) is -1.89. The van der Waals surface area contributed by atoms with Crippen LogP contribution in [0.4, 0.5) is 0 Å². The van der Waals surface area contributed by atoms with Crippen LogP contribution >= 0.6 is 0 Å². The Hall–Kier alpha value is -3.39. The van der Waals surface area contributed by atoms with Crippen LogP contribution in [0.3, 0.4) is 0 Å². The first-order valence-electron chi connectivity index (χ1n) is 10.6. The average Bonchev–Trinajstić information content (AvgIpc) is 3.41. The third kappa shape index (κ3) is 5.82. The number of fused-ring (bicyclic) bond motifs is 1. The molecule has 4 rings (SSSR count). The first-order chi connectivity index (χ1) is 16.8. The Morgan fingerprint density at radius 3 is 2.03 bits per heavy atom. The number of ether oxygens (including phenoxy) is 5. The van der Waals surface area contributed by atoms with Crippen LogP contribution in [0.5, 0.6) is 5.75 Å². The van der Waals surface area contributed by atoms with E-state index in [1.54, 1.807) is 30.3 Å². The number of para-hydroxylation sites is 1. The quantitative estimate of drug-likeness (QED) is 0.315. The number of esters is 3. The molecule has 2 fully saturated rings. The summed E-state index contributed by atoms with van der Waals surface area (Å²) in [6.45, 7) is 0.997. The first-order valence-corrected chi connectivity index (χ1v) is 10.6. The van der Waals surface area contributed by atoms with Crippen molar-refractivity contribution < 1.29 is 53.3 Å². The molecule has 4 atom stereocenters. The van der Waals surface area contributed by atoms with E-state index in [9.17, 15) is 14.4 Å². The minimum absolute atomic E-state index is 0.0259. The van der Waals surface area contributed by atoms with E-state index in [2.05, 4.69) is 4.84 Å². The van der Waals surface area contributed by atoms with E-state index in [0.717, 1.165) is 0 Å². The van der Waals surface area contributed by atoms with Gasteiger partial charge in [0.1, 0.15) is 23.5 Å². The van der Waals surface area contributed by atoms with E-state index in [0.29, 0.717) is 5.56 Å². The summed E-state index contributed by atoms with van der Waals surface area (Å²) < 4.78 is 27.6. The number of rotatable bonds is 8. The number of benzene rings is 2. The zero-order valence-electron chi connectivity index (χ0n) is 18.6. The lowest BCUT2D eigenvalue weighted by Crippen LogP contribution is -2.36. The van der Waals surface area contributed by atoms with Gasteiger partial charge in [-0.1, -0.05) is 30.3 Å². The summed E-state index contributed by atoms with van der Waals surface area (Å²) in [6.07, 6.45) is -2.84. The second-order valence-electron chi connectivity index (χ2n) is 7.76. The molecule has 0 radical (unpaired) electrons. The van der Waals surface area contributed by atoms with E-state index in [4.69, 9.17) is 34.1 Å². The summed E-state index contributed by atoms with van der Waals surface area (Å²) in [5, 5.41) is 17.0. The summed E-state index contributed by atoms with van der Waals surface area (Å²) in [4.78, 5) is 41.4. The molecule has 2 N–H and O–H groups in total. The van der Waals surface area contributed by atoms with Gasteiger partial charge >= 0.3 is 17.9 Å². The van der Waals surface area contributed by atoms with Crippen molar-refractivity contribution in [2.24, 2.45) is 0 Å². The predicted octanol–water partition coefficient (Wildman–Crippen LogP) is 1.67. The van der Waals surface area contributed by atoms with Crippen LogP contribution in [0, 0.1) is 0 Å². The Bertz CT molecular complexity index is 1090. The molecule has 2 heterocycles. The molecule has 2 aromatic rings. The largest absolute Gasteiger partial charge is 0.453 e. The molecule has 35 heavy (non-hydrogen) atoms. The van der Waals surface area contributed by atoms with Gasteiger partial charge in [-0.2, -0.15) is 0 Å². The molecule has 0 aliphatic carbocycles. The van der Waals surface area contributed by atoms with Crippen LogP contribution in [0.15, 0.2) is 48.5 Å². The number of hydrogen-bond acceptors (Lipinski definition) is 12. The molecule has 0 spiro atoms. The van der Waals surface area contributed by atoms with Crippen molar-refractivity contribution in [3.8, 4) is 5.75 Å². The fourth-order valence-electron chi connectivity index (χ4n) is 3.88. The number of carbonyl (C=O) groups excluding carboxylic acids is 3. The Labute approximate surface area is 199 Å². The van der Waals surface area contributed by atoms with Crippen LogP contribution in [0.2, 0.25) is 0 Å². The topological polar surface area (TPSA) is 150 Å². The van der Waals surface area contributed by atoms with E-state index < -0.39 is 47.7 Å². The fraction of sp³-hybridized carbons (Fsp3) is 0.348. The van der Waals surface area contributed by atoms with Gasteiger partial charge < -0.3 is 23.7 Å². The third-order valence-electron chi connectivity index (χ3n) is 5.41. The zero-order valence-corrected chi connectivity index (χ0v) is 18.6. The van der Waals surface area contributed by atoms with Gasteiger partial charge in [-0.25, -0.2) is 14.4 Å². The van der Waals surface area contributed by atoms with Crippen LogP contribution in [0.25, 0.3) is 0 Å². The second-order valence-corrected chi connectivity index (χ2v) is 7.76.